The van der Waals surface area contributed by atoms with Crippen molar-refractivity contribution in [3.05, 3.63) is 16.3 Å². The second kappa shape index (κ2) is 8.14. The van der Waals surface area contributed by atoms with Crippen molar-refractivity contribution in [1.82, 2.24) is 9.21 Å². The van der Waals surface area contributed by atoms with Gasteiger partial charge in [0, 0.05) is 26.2 Å². The molecule has 3 rings (SSSR count). The minimum atomic E-state index is -3.55. The van der Waals surface area contributed by atoms with Crippen molar-refractivity contribution < 1.29 is 13.2 Å². The van der Waals surface area contributed by atoms with Gasteiger partial charge in [-0.15, -0.1) is 23.7 Å². The number of carbonyl (C=O) groups is 1. The summed E-state index contributed by atoms with van der Waals surface area (Å²) in [7, 11) is -3.55. The third kappa shape index (κ3) is 3.77. The predicted molar refractivity (Wildman–Crippen MR) is 97.2 cm³/mol. The lowest BCUT2D eigenvalue weighted by Crippen LogP contribution is -2.40. The highest BCUT2D eigenvalue weighted by Crippen LogP contribution is 2.29. The van der Waals surface area contributed by atoms with Crippen molar-refractivity contribution in [2.45, 2.75) is 30.6 Å². The summed E-state index contributed by atoms with van der Waals surface area (Å²) in [5, 5.41) is 1.70. The minimum absolute atomic E-state index is 0. The van der Waals surface area contributed by atoms with Gasteiger partial charge in [0.2, 0.25) is 10.0 Å². The van der Waals surface area contributed by atoms with Crippen molar-refractivity contribution in [3.8, 4) is 0 Å². The molecule has 3 heterocycles. The molecule has 0 bridgehead atoms. The smallest absolute Gasteiger partial charge is 0.265 e. The molecular weight excluding hydrogens is 370 g/mol. The molecule has 2 aliphatic rings. The Balaban J connectivity index is 0.00000208. The van der Waals surface area contributed by atoms with E-state index in [0.717, 1.165) is 25.7 Å². The maximum atomic E-state index is 12.8. The molecule has 1 aromatic heterocycles. The number of rotatable bonds is 4. The zero-order valence-corrected chi connectivity index (χ0v) is 16.0. The number of likely N-dealkylation sites (tertiary alicyclic amines) is 1. The Kier molecular flexibility index (Phi) is 6.66. The monoisotopic (exact) mass is 393 g/mol. The van der Waals surface area contributed by atoms with Crippen molar-refractivity contribution >= 4 is 39.7 Å². The molecule has 2 saturated heterocycles. The molecular formula is C15H24ClN3O3S2. The highest BCUT2D eigenvalue weighted by Gasteiger charge is 2.33. The lowest BCUT2D eigenvalue weighted by Gasteiger charge is -2.31. The summed E-state index contributed by atoms with van der Waals surface area (Å²) in [5.74, 6) is 0.309. The predicted octanol–water partition coefficient (Wildman–Crippen LogP) is 1.77. The van der Waals surface area contributed by atoms with Crippen LogP contribution in [0.5, 0.6) is 0 Å². The first-order valence-corrected chi connectivity index (χ1v) is 10.4. The highest BCUT2D eigenvalue weighted by molar-refractivity contribution is 7.89. The number of amides is 1. The van der Waals surface area contributed by atoms with Crippen molar-refractivity contribution in [3.63, 3.8) is 0 Å². The summed E-state index contributed by atoms with van der Waals surface area (Å²) in [6.07, 6.45) is 3.56. The third-order valence-electron chi connectivity index (χ3n) is 4.74. The van der Waals surface area contributed by atoms with Gasteiger partial charge in [-0.1, -0.05) is 0 Å². The van der Waals surface area contributed by atoms with Crippen molar-refractivity contribution in [2.24, 2.45) is 11.7 Å². The van der Waals surface area contributed by atoms with E-state index in [1.165, 1.54) is 15.6 Å². The Labute approximate surface area is 153 Å². The fraction of sp³-hybridized carbons (Fsp3) is 0.667. The van der Waals surface area contributed by atoms with E-state index >= 15 is 0 Å². The molecule has 0 saturated carbocycles. The Morgan fingerprint density at radius 1 is 1.21 bits per heavy atom. The second-order valence-corrected chi connectivity index (χ2v) is 9.02. The van der Waals surface area contributed by atoms with Crippen molar-refractivity contribution in [2.75, 3.05) is 32.7 Å². The Bertz CT molecular complexity index is 663. The zero-order valence-electron chi connectivity index (χ0n) is 13.5. The van der Waals surface area contributed by atoms with Crippen LogP contribution in [0.2, 0.25) is 0 Å². The van der Waals surface area contributed by atoms with Crippen molar-refractivity contribution in [1.29, 1.82) is 0 Å². The van der Waals surface area contributed by atoms with Gasteiger partial charge in [0.25, 0.3) is 5.91 Å². The van der Waals surface area contributed by atoms with Gasteiger partial charge in [0.15, 0.2) is 0 Å². The number of hydrogen-bond donors (Lipinski definition) is 1. The number of nitrogens with zero attached hydrogens (tertiary/aromatic N) is 2. The fourth-order valence-corrected chi connectivity index (χ4v) is 6.12. The summed E-state index contributed by atoms with van der Waals surface area (Å²) < 4.78 is 27.0. The van der Waals surface area contributed by atoms with E-state index in [9.17, 15) is 13.2 Å². The van der Waals surface area contributed by atoms with E-state index in [-0.39, 0.29) is 23.2 Å². The van der Waals surface area contributed by atoms with E-state index in [1.54, 1.807) is 16.3 Å². The minimum Gasteiger partial charge on any atom is -0.338 e. The van der Waals surface area contributed by atoms with Crippen LogP contribution in [-0.2, 0) is 10.0 Å². The van der Waals surface area contributed by atoms with Crippen LogP contribution in [0.1, 0.15) is 35.4 Å². The molecule has 9 heteroatoms. The molecule has 0 aromatic carbocycles. The largest absolute Gasteiger partial charge is 0.338 e. The molecule has 0 radical (unpaired) electrons. The molecule has 0 atom stereocenters. The number of thiophene rings is 1. The first kappa shape index (κ1) is 19.7. The summed E-state index contributed by atoms with van der Waals surface area (Å²) in [5.41, 5.74) is 5.68. The molecule has 136 valence electrons. The first-order valence-electron chi connectivity index (χ1n) is 8.11. The summed E-state index contributed by atoms with van der Waals surface area (Å²) in [6, 6.07) is 1.57. The first-order chi connectivity index (χ1) is 11.0. The normalized spacial score (nSPS) is 20.1. The Hall–Kier alpha value is -0.670. The average Bonchev–Trinajstić information content (AvgIpc) is 3.25. The number of sulfonamides is 1. The van der Waals surface area contributed by atoms with E-state index in [0.29, 0.717) is 43.5 Å². The van der Waals surface area contributed by atoms with Gasteiger partial charge in [-0.25, -0.2) is 8.42 Å². The molecule has 0 unspecified atom stereocenters. The maximum Gasteiger partial charge on any atom is 0.265 e. The third-order valence-corrected chi connectivity index (χ3v) is 7.71. The molecule has 0 spiro atoms. The topological polar surface area (TPSA) is 83.7 Å². The van der Waals surface area contributed by atoms with Crippen LogP contribution in [0.4, 0.5) is 0 Å². The van der Waals surface area contributed by atoms with E-state index in [1.807, 2.05) is 0 Å². The fourth-order valence-electron chi connectivity index (χ4n) is 3.24. The van der Waals surface area contributed by atoms with Gasteiger partial charge >= 0.3 is 0 Å². The number of halogens is 1. The zero-order chi connectivity index (χ0) is 16.4. The summed E-state index contributed by atoms with van der Waals surface area (Å²) in [6.45, 7) is 3.06. The Morgan fingerprint density at radius 2 is 1.83 bits per heavy atom. The van der Waals surface area contributed by atoms with Gasteiger partial charge in [-0.2, -0.15) is 4.31 Å². The molecule has 2 fully saturated rings. The van der Waals surface area contributed by atoms with Crippen LogP contribution < -0.4 is 5.73 Å². The molecule has 2 N–H and O–H groups in total. The molecule has 24 heavy (non-hydrogen) atoms. The average molecular weight is 394 g/mol. The van der Waals surface area contributed by atoms with Gasteiger partial charge in [-0.05, 0) is 49.6 Å². The van der Waals surface area contributed by atoms with E-state index in [2.05, 4.69) is 0 Å². The standard InChI is InChI=1S/C15H23N3O3S2.ClH/c16-11-12-3-8-17(9-4-12)15(19)14-13(5-10-22-14)23(20,21)18-6-1-2-7-18;/h5,10,12H,1-4,6-9,11,16H2;1H. The lowest BCUT2D eigenvalue weighted by molar-refractivity contribution is 0.0694. The van der Waals surface area contributed by atoms with Crippen LogP contribution in [-0.4, -0.2) is 56.3 Å². The van der Waals surface area contributed by atoms with Gasteiger partial charge in [0.1, 0.15) is 9.77 Å². The van der Waals surface area contributed by atoms with E-state index < -0.39 is 10.0 Å². The Morgan fingerprint density at radius 3 is 2.42 bits per heavy atom. The van der Waals surface area contributed by atoms with Crippen LogP contribution >= 0.6 is 23.7 Å². The quantitative estimate of drug-likeness (QED) is 0.844. The highest BCUT2D eigenvalue weighted by atomic mass is 35.5. The summed E-state index contributed by atoms with van der Waals surface area (Å²) >= 11 is 1.22. The van der Waals surface area contributed by atoms with Crippen LogP contribution in [0, 0.1) is 5.92 Å². The number of nitrogens with two attached hydrogens (primary N) is 1. The molecule has 6 nitrogen and oxygen atoms in total. The van der Waals surface area contributed by atoms with Crippen LogP contribution in [0.15, 0.2) is 16.3 Å². The second-order valence-electron chi connectivity index (χ2n) is 6.20. The SMILES string of the molecule is Cl.NCC1CCN(C(=O)c2sccc2S(=O)(=O)N2CCCC2)CC1. The number of carbonyl (C=O) groups excluding carboxylic acids is 1. The molecule has 0 aliphatic carbocycles. The van der Waals surface area contributed by atoms with Gasteiger partial charge in [-0.3, -0.25) is 4.79 Å². The van der Waals surface area contributed by atoms with Crippen LogP contribution in [0.25, 0.3) is 0 Å². The molecule has 2 aliphatic heterocycles. The van der Waals surface area contributed by atoms with Gasteiger partial charge < -0.3 is 10.6 Å². The maximum absolute atomic E-state index is 12.8. The lowest BCUT2D eigenvalue weighted by atomic mass is 9.97. The van der Waals surface area contributed by atoms with E-state index in [4.69, 9.17) is 5.73 Å². The molecule has 1 aromatic rings. The van der Waals surface area contributed by atoms with Crippen LogP contribution in [0.3, 0.4) is 0 Å². The number of piperidine rings is 1. The van der Waals surface area contributed by atoms with Gasteiger partial charge in [0.05, 0.1) is 0 Å². The number of hydrogen-bond acceptors (Lipinski definition) is 5. The molecule has 1 amide bonds. The summed E-state index contributed by atoms with van der Waals surface area (Å²) in [4.78, 5) is 15.1.